The van der Waals surface area contributed by atoms with Crippen LogP contribution in [0.15, 0.2) is 47.0 Å². The smallest absolute Gasteiger partial charge is 0.307 e. The van der Waals surface area contributed by atoms with E-state index in [0.717, 1.165) is 21.0 Å². The number of nitrogens with zero attached hydrogens (tertiary/aromatic N) is 2. The molecule has 4 amide bonds. The number of benzene rings is 1. The fraction of sp³-hybridized carbons (Fsp3) is 0.235. The number of urea groups is 2. The van der Waals surface area contributed by atoms with Gasteiger partial charge >= 0.3 is 12.1 Å². The van der Waals surface area contributed by atoms with Gasteiger partial charge in [-0.15, -0.1) is 11.8 Å². The topological polar surface area (TPSA) is 95.7 Å². The molecule has 0 radical (unpaired) electrons. The summed E-state index contributed by atoms with van der Waals surface area (Å²) in [6.07, 6.45) is 2.04. The summed E-state index contributed by atoms with van der Waals surface area (Å²) in [4.78, 5) is 36.7. The molecular weight excluding hydrogens is 376 g/mol. The minimum atomic E-state index is -0.549. The summed E-state index contributed by atoms with van der Waals surface area (Å²) >= 11 is 6.96. The number of hydrazine groups is 1. The quantitative estimate of drug-likeness (QED) is 0.466. The van der Waals surface area contributed by atoms with Crippen LogP contribution in [0.25, 0.3) is 6.08 Å². The molecule has 2 heterocycles. The number of nitrogens with two attached hydrogens (primary N) is 1. The van der Waals surface area contributed by atoms with E-state index in [-0.39, 0.29) is 24.8 Å². The minimum absolute atomic E-state index is 0.139. The molecule has 0 spiro atoms. The Hall–Kier alpha value is -2.29. The van der Waals surface area contributed by atoms with Gasteiger partial charge in [-0.05, 0) is 34.2 Å². The van der Waals surface area contributed by atoms with Crippen molar-refractivity contribution in [3.05, 3.63) is 52.6 Å². The second kappa shape index (κ2) is 7.94. The predicted octanol–water partition coefficient (Wildman–Crippen LogP) is 2.50. The number of amides is 4. The third-order valence-corrected chi connectivity index (χ3v) is 5.28. The van der Waals surface area contributed by atoms with E-state index in [9.17, 15) is 14.4 Å². The van der Waals surface area contributed by atoms with Gasteiger partial charge in [-0.1, -0.05) is 30.3 Å². The van der Waals surface area contributed by atoms with Crippen LogP contribution in [0.4, 0.5) is 9.59 Å². The van der Waals surface area contributed by atoms with Crippen molar-refractivity contribution in [1.29, 1.82) is 0 Å². The third-order valence-electron chi connectivity index (χ3n) is 4.00. The monoisotopic (exact) mass is 392 g/mol. The molecule has 1 aromatic carbocycles. The van der Waals surface area contributed by atoms with Crippen molar-refractivity contribution in [2.24, 2.45) is 5.84 Å². The molecule has 0 saturated carbocycles. The highest BCUT2D eigenvalue weighted by Gasteiger charge is 2.34. The van der Waals surface area contributed by atoms with E-state index in [1.54, 1.807) is 5.41 Å². The second-order valence-electron chi connectivity index (χ2n) is 5.78. The fourth-order valence-corrected chi connectivity index (χ4v) is 4.03. The Balaban J connectivity index is 1.80. The van der Waals surface area contributed by atoms with Gasteiger partial charge in [0.25, 0.3) is 0 Å². The van der Waals surface area contributed by atoms with E-state index in [1.165, 1.54) is 11.8 Å². The Morgan fingerprint density at radius 1 is 1.31 bits per heavy atom. The maximum atomic E-state index is 12.4. The maximum absolute atomic E-state index is 12.4. The van der Waals surface area contributed by atoms with Gasteiger partial charge in [0.05, 0.1) is 18.8 Å². The molecule has 2 aliphatic rings. The number of rotatable bonds is 4. The van der Waals surface area contributed by atoms with Crippen molar-refractivity contribution >= 4 is 46.7 Å². The zero-order valence-electron chi connectivity index (χ0n) is 13.7. The van der Waals surface area contributed by atoms with Gasteiger partial charge in [0.2, 0.25) is 5.24 Å². The molecule has 0 aliphatic carbocycles. The van der Waals surface area contributed by atoms with E-state index in [1.807, 2.05) is 36.4 Å². The van der Waals surface area contributed by atoms with Crippen molar-refractivity contribution in [2.75, 3.05) is 13.1 Å². The van der Waals surface area contributed by atoms with Crippen LogP contribution in [0.1, 0.15) is 12.0 Å². The van der Waals surface area contributed by atoms with Gasteiger partial charge in [0.15, 0.2) is 0 Å². The number of hydrogen-bond donors (Lipinski definition) is 2. The van der Waals surface area contributed by atoms with Gasteiger partial charge in [0, 0.05) is 11.7 Å². The lowest BCUT2D eigenvalue weighted by Gasteiger charge is -2.17. The molecule has 9 heteroatoms. The molecule has 1 saturated heterocycles. The molecule has 1 aromatic rings. The van der Waals surface area contributed by atoms with Gasteiger partial charge < -0.3 is 5.32 Å². The van der Waals surface area contributed by atoms with Crippen LogP contribution >= 0.6 is 23.4 Å². The maximum Gasteiger partial charge on any atom is 0.342 e. The zero-order chi connectivity index (χ0) is 18.7. The zero-order valence-corrected chi connectivity index (χ0v) is 15.3. The minimum Gasteiger partial charge on any atom is -0.307 e. The average molecular weight is 393 g/mol. The molecule has 2 aliphatic heterocycles. The van der Waals surface area contributed by atoms with E-state index in [0.29, 0.717) is 5.70 Å². The highest BCUT2D eigenvalue weighted by Crippen LogP contribution is 2.37. The number of allylic oxidation sites excluding steroid dienone is 1. The summed E-state index contributed by atoms with van der Waals surface area (Å²) in [6, 6.07) is 8.45. The van der Waals surface area contributed by atoms with Gasteiger partial charge in [0.1, 0.15) is 0 Å². The van der Waals surface area contributed by atoms with Crippen LogP contribution in [0.3, 0.4) is 0 Å². The molecule has 1 atom stereocenters. The predicted molar refractivity (Wildman–Crippen MR) is 101 cm³/mol. The molecular formula is C17H17ClN4O3S. The first-order valence-electron chi connectivity index (χ1n) is 7.91. The lowest BCUT2D eigenvalue weighted by Crippen LogP contribution is -2.44. The number of nitrogens with one attached hydrogen (secondary N) is 1. The normalized spacial score (nSPS) is 21.3. The third kappa shape index (κ3) is 4.09. The first-order chi connectivity index (χ1) is 12.5. The lowest BCUT2D eigenvalue weighted by molar-refractivity contribution is -0.111. The average Bonchev–Trinajstić information content (AvgIpc) is 3.13. The van der Waals surface area contributed by atoms with E-state index >= 15 is 0 Å². The van der Waals surface area contributed by atoms with Gasteiger partial charge in [-0.2, -0.15) is 0 Å². The molecule has 0 bridgehead atoms. The van der Waals surface area contributed by atoms with Gasteiger partial charge in [-0.3, -0.25) is 9.80 Å². The van der Waals surface area contributed by atoms with Crippen LogP contribution in [0, 0.1) is 0 Å². The number of carbonyl (C=O) groups excluding carboxylic acids is 3. The summed E-state index contributed by atoms with van der Waals surface area (Å²) in [5, 5.41) is 4.86. The number of carbonyl (C=O) groups is 3. The van der Waals surface area contributed by atoms with Crippen LogP contribution in [0.2, 0.25) is 0 Å². The number of imide groups is 1. The SMILES string of the molecule is NN1CCN(C(=O)NC2=CS[C@@H](CC(=O)Cl)C2=Cc2ccccc2)C1=O. The highest BCUT2D eigenvalue weighted by atomic mass is 35.5. The first-order valence-corrected chi connectivity index (χ1v) is 9.23. The van der Waals surface area contributed by atoms with Crippen LogP contribution in [-0.2, 0) is 4.79 Å². The Morgan fingerprint density at radius 2 is 2.04 bits per heavy atom. The summed E-state index contributed by atoms with van der Waals surface area (Å²) < 4.78 is 0. The second-order valence-corrected chi connectivity index (χ2v) is 7.28. The first kappa shape index (κ1) is 18.5. The largest absolute Gasteiger partial charge is 0.342 e. The molecule has 136 valence electrons. The Morgan fingerprint density at radius 3 is 2.65 bits per heavy atom. The molecule has 3 N–H and O–H groups in total. The van der Waals surface area contributed by atoms with E-state index in [2.05, 4.69) is 5.32 Å². The van der Waals surface area contributed by atoms with Crippen molar-refractivity contribution in [2.45, 2.75) is 11.7 Å². The van der Waals surface area contributed by atoms with Crippen LogP contribution in [0.5, 0.6) is 0 Å². The molecule has 0 aromatic heterocycles. The summed E-state index contributed by atoms with van der Waals surface area (Å²) in [6.45, 7) is 0.513. The Bertz CT molecular complexity index is 796. The van der Waals surface area contributed by atoms with Crippen molar-refractivity contribution < 1.29 is 14.4 Å². The Labute approximate surface area is 159 Å². The van der Waals surface area contributed by atoms with Crippen molar-refractivity contribution in [1.82, 2.24) is 15.2 Å². The number of hydrogen-bond acceptors (Lipinski definition) is 5. The van der Waals surface area contributed by atoms with Gasteiger partial charge in [-0.25, -0.2) is 20.3 Å². The fourth-order valence-electron chi connectivity index (χ4n) is 2.70. The summed E-state index contributed by atoms with van der Waals surface area (Å²) in [7, 11) is 0. The standard InChI is InChI=1S/C17H17ClN4O3S/c18-15(23)9-14-12(8-11-4-2-1-3-5-11)13(10-26-14)20-16(24)21-6-7-22(19)17(21)25/h1-5,8,10,14H,6-7,9,19H2,(H,20,24)/t14-/m0/s1. The lowest BCUT2D eigenvalue weighted by atomic mass is 10.0. The summed E-state index contributed by atoms with van der Waals surface area (Å²) in [5.41, 5.74) is 2.26. The van der Waals surface area contributed by atoms with E-state index < -0.39 is 17.3 Å². The van der Waals surface area contributed by atoms with E-state index in [4.69, 9.17) is 17.4 Å². The number of halogens is 1. The Kier molecular flexibility index (Phi) is 5.65. The molecule has 1 fully saturated rings. The molecule has 26 heavy (non-hydrogen) atoms. The van der Waals surface area contributed by atoms with Crippen molar-refractivity contribution in [3.63, 3.8) is 0 Å². The van der Waals surface area contributed by atoms with Crippen LogP contribution in [-0.4, -0.2) is 45.6 Å². The number of thioether (sulfide) groups is 1. The molecule has 0 unspecified atom stereocenters. The highest BCUT2D eigenvalue weighted by molar-refractivity contribution is 8.03. The summed E-state index contributed by atoms with van der Waals surface area (Å²) in [5.74, 6) is 5.50. The molecule has 3 rings (SSSR count). The van der Waals surface area contributed by atoms with Crippen LogP contribution < -0.4 is 11.2 Å². The van der Waals surface area contributed by atoms with Crippen molar-refractivity contribution in [3.8, 4) is 0 Å². The molecule has 7 nitrogen and oxygen atoms in total.